The number of halogens is 1. The Morgan fingerprint density at radius 1 is 1.43 bits per heavy atom. The lowest BCUT2D eigenvalue weighted by molar-refractivity contribution is 0.199. The van der Waals surface area contributed by atoms with Gasteiger partial charge in [0.25, 0.3) is 0 Å². The van der Waals surface area contributed by atoms with Crippen LogP contribution >= 0.6 is 11.3 Å². The number of aromatic nitrogens is 1. The standard InChI is InChI=1S/C15H20FN3OS/c1-19(10-12-4-3-5-13(16)8-12)15-18-14(11-21-15)9-17-6-7-20-2/h3-5,8,11,17H,6-7,9-10H2,1-2H3. The molecule has 6 heteroatoms. The summed E-state index contributed by atoms with van der Waals surface area (Å²) in [5.41, 5.74) is 1.95. The van der Waals surface area contributed by atoms with Gasteiger partial charge in [0.2, 0.25) is 0 Å². The van der Waals surface area contributed by atoms with Crippen LogP contribution in [0.1, 0.15) is 11.3 Å². The summed E-state index contributed by atoms with van der Waals surface area (Å²) in [7, 11) is 3.65. The van der Waals surface area contributed by atoms with E-state index in [0.29, 0.717) is 13.2 Å². The minimum absolute atomic E-state index is 0.205. The van der Waals surface area contributed by atoms with Crippen molar-refractivity contribution in [1.82, 2.24) is 10.3 Å². The van der Waals surface area contributed by atoms with Crippen LogP contribution in [0.3, 0.4) is 0 Å². The van der Waals surface area contributed by atoms with Gasteiger partial charge in [-0.2, -0.15) is 0 Å². The van der Waals surface area contributed by atoms with Crippen LogP contribution in [0.4, 0.5) is 9.52 Å². The molecule has 0 aliphatic heterocycles. The quantitative estimate of drug-likeness (QED) is 0.761. The molecular weight excluding hydrogens is 289 g/mol. The first-order valence-electron chi connectivity index (χ1n) is 6.78. The van der Waals surface area contributed by atoms with E-state index in [4.69, 9.17) is 4.74 Å². The molecule has 1 heterocycles. The van der Waals surface area contributed by atoms with E-state index < -0.39 is 0 Å². The average molecular weight is 309 g/mol. The number of thiazole rings is 1. The molecule has 0 saturated carbocycles. The van der Waals surface area contributed by atoms with Gasteiger partial charge in [-0.05, 0) is 17.7 Å². The molecule has 0 atom stereocenters. The van der Waals surface area contributed by atoms with Crippen molar-refractivity contribution in [3.8, 4) is 0 Å². The predicted octanol–water partition coefficient (Wildman–Crippen LogP) is 2.65. The molecule has 0 spiro atoms. The maximum Gasteiger partial charge on any atom is 0.185 e. The van der Waals surface area contributed by atoms with Gasteiger partial charge in [-0.3, -0.25) is 0 Å². The molecule has 21 heavy (non-hydrogen) atoms. The van der Waals surface area contributed by atoms with Crippen LogP contribution in [0, 0.1) is 5.82 Å². The maximum absolute atomic E-state index is 13.2. The van der Waals surface area contributed by atoms with E-state index >= 15 is 0 Å². The predicted molar refractivity (Wildman–Crippen MR) is 84.2 cm³/mol. The molecule has 2 rings (SSSR count). The first-order chi connectivity index (χ1) is 10.2. The number of methoxy groups -OCH3 is 1. The highest BCUT2D eigenvalue weighted by Crippen LogP contribution is 2.21. The lowest BCUT2D eigenvalue weighted by Gasteiger charge is -2.15. The van der Waals surface area contributed by atoms with Crippen LogP contribution in [-0.4, -0.2) is 32.3 Å². The summed E-state index contributed by atoms with van der Waals surface area (Å²) in [5, 5.41) is 6.24. The van der Waals surface area contributed by atoms with E-state index in [1.54, 1.807) is 30.6 Å². The molecule has 2 aromatic rings. The first kappa shape index (κ1) is 15.9. The van der Waals surface area contributed by atoms with E-state index in [-0.39, 0.29) is 5.82 Å². The second kappa shape index (κ2) is 8.07. The van der Waals surface area contributed by atoms with Gasteiger partial charge in [0.05, 0.1) is 12.3 Å². The van der Waals surface area contributed by atoms with Gasteiger partial charge >= 0.3 is 0 Å². The molecule has 1 N–H and O–H groups in total. The van der Waals surface area contributed by atoms with Gasteiger partial charge in [-0.1, -0.05) is 12.1 Å². The number of hydrogen-bond donors (Lipinski definition) is 1. The summed E-state index contributed by atoms with van der Waals surface area (Å²) in [6.07, 6.45) is 0. The van der Waals surface area contributed by atoms with Gasteiger partial charge in [0.1, 0.15) is 5.82 Å². The fraction of sp³-hybridized carbons (Fsp3) is 0.400. The van der Waals surface area contributed by atoms with Gasteiger partial charge in [0, 0.05) is 39.2 Å². The number of benzene rings is 1. The third-order valence-electron chi connectivity index (χ3n) is 2.96. The zero-order valence-corrected chi connectivity index (χ0v) is 13.1. The fourth-order valence-electron chi connectivity index (χ4n) is 1.92. The Balaban J connectivity index is 1.88. The molecule has 1 aromatic carbocycles. The van der Waals surface area contributed by atoms with Crippen LogP contribution in [0.25, 0.3) is 0 Å². The monoisotopic (exact) mass is 309 g/mol. The minimum Gasteiger partial charge on any atom is -0.383 e. The van der Waals surface area contributed by atoms with Crippen LogP contribution in [-0.2, 0) is 17.8 Å². The molecule has 0 fully saturated rings. The van der Waals surface area contributed by atoms with Crippen molar-refractivity contribution in [3.05, 3.63) is 46.7 Å². The third-order valence-corrected chi connectivity index (χ3v) is 3.97. The first-order valence-corrected chi connectivity index (χ1v) is 7.66. The van der Waals surface area contributed by atoms with E-state index in [0.717, 1.165) is 29.5 Å². The summed E-state index contributed by atoms with van der Waals surface area (Å²) >= 11 is 1.59. The van der Waals surface area contributed by atoms with Crippen LogP contribution in [0.5, 0.6) is 0 Å². The highest BCUT2D eigenvalue weighted by atomic mass is 32.1. The maximum atomic E-state index is 13.2. The lowest BCUT2D eigenvalue weighted by atomic mass is 10.2. The van der Waals surface area contributed by atoms with Gasteiger partial charge in [0.15, 0.2) is 5.13 Å². The average Bonchev–Trinajstić information content (AvgIpc) is 2.93. The highest BCUT2D eigenvalue weighted by molar-refractivity contribution is 7.13. The number of anilines is 1. The van der Waals surface area contributed by atoms with Crippen molar-refractivity contribution < 1.29 is 9.13 Å². The van der Waals surface area contributed by atoms with Gasteiger partial charge < -0.3 is 15.0 Å². The zero-order valence-electron chi connectivity index (χ0n) is 12.3. The van der Waals surface area contributed by atoms with E-state index in [9.17, 15) is 4.39 Å². The second-order valence-corrected chi connectivity index (χ2v) is 5.61. The van der Waals surface area contributed by atoms with Crippen molar-refractivity contribution in [2.24, 2.45) is 0 Å². The summed E-state index contributed by atoms with van der Waals surface area (Å²) in [5.74, 6) is -0.205. The lowest BCUT2D eigenvalue weighted by Crippen LogP contribution is -2.19. The molecule has 4 nitrogen and oxygen atoms in total. The van der Waals surface area contributed by atoms with Crippen molar-refractivity contribution in [1.29, 1.82) is 0 Å². The second-order valence-electron chi connectivity index (χ2n) is 4.78. The Kier molecular flexibility index (Phi) is 6.10. The number of nitrogens with one attached hydrogen (secondary N) is 1. The normalized spacial score (nSPS) is 10.8. The van der Waals surface area contributed by atoms with Crippen LogP contribution in [0.15, 0.2) is 29.6 Å². The van der Waals surface area contributed by atoms with Gasteiger partial charge in [-0.15, -0.1) is 11.3 Å². The SMILES string of the molecule is COCCNCc1csc(N(C)Cc2cccc(F)c2)n1. The minimum atomic E-state index is -0.205. The van der Waals surface area contributed by atoms with Crippen LogP contribution < -0.4 is 10.2 Å². The van der Waals surface area contributed by atoms with Crippen molar-refractivity contribution in [3.63, 3.8) is 0 Å². The topological polar surface area (TPSA) is 37.4 Å². The molecule has 0 saturated heterocycles. The smallest absolute Gasteiger partial charge is 0.185 e. The number of hydrogen-bond acceptors (Lipinski definition) is 5. The van der Waals surface area contributed by atoms with E-state index in [1.165, 1.54) is 6.07 Å². The summed E-state index contributed by atoms with van der Waals surface area (Å²) in [6.45, 7) is 2.87. The summed E-state index contributed by atoms with van der Waals surface area (Å²) in [6, 6.07) is 6.65. The molecule has 1 aromatic heterocycles. The Hall–Kier alpha value is -1.50. The molecule has 0 aliphatic rings. The van der Waals surface area contributed by atoms with Gasteiger partial charge in [-0.25, -0.2) is 9.37 Å². The van der Waals surface area contributed by atoms with E-state index in [1.807, 2.05) is 23.4 Å². The molecule has 0 aliphatic carbocycles. The number of ether oxygens (including phenoxy) is 1. The largest absolute Gasteiger partial charge is 0.383 e. The summed E-state index contributed by atoms with van der Waals surface area (Å²) in [4.78, 5) is 6.60. The van der Waals surface area contributed by atoms with E-state index in [2.05, 4.69) is 10.3 Å². The Morgan fingerprint density at radius 2 is 2.29 bits per heavy atom. The molecule has 0 bridgehead atoms. The van der Waals surface area contributed by atoms with Crippen molar-refractivity contribution in [2.75, 3.05) is 32.2 Å². The number of rotatable bonds is 8. The zero-order chi connectivity index (χ0) is 15.1. The molecule has 0 unspecified atom stereocenters. The molecule has 0 amide bonds. The van der Waals surface area contributed by atoms with Crippen molar-refractivity contribution in [2.45, 2.75) is 13.1 Å². The van der Waals surface area contributed by atoms with Crippen molar-refractivity contribution >= 4 is 16.5 Å². The Labute approximate surface area is 128 Å². The third kappa shape index (κ3) is 5.08. The Bertz CT molecular complexity index is 561. The summed E-state index contributed by atoms with van der Waals surface area (Å²) < 4.78 is 18.2. The molecular formula is C15H20FN3OS. The number of nitrogens with zero attached hydrogens (tertiary/aromatic N) is 2. The van der Waals surface area contributed by atoms with Crippen LogP contribution in [0.2, 0.25) is 0 Å². The Morgan fingerprint density at radius 3 is 3.05 bits per heavy atom. The highest BCUT2D eigenvalue weighted by Gasteiger charge is 2.08. The molecule has 0 radical (unpaired) electrons. The molecule has 114 valence electrons. The fourth-order valence-corrected chi connectivity index (χ4v) is 2.71.